The van der Waals surface area contributed by atoms with E-state index in [1.54, 1.807) is 19.5 Å². The van der Waals surface area contributed by atoms with E-state index >= 15 is 0 Å². The zero-order chi connectivity index (χ0) is 30.3. The van der Waals surface area contributed by atoms with Crippen LogP contribution in [0.25, 0.3) is 22.2 Å². The smallest absolute Gasteiger partial charge is 0.232 e. The molecule has 0 saturated heterocycles. The summed E-state index contributed by atoms with van der Waals surface area (Å²) in [6, 6.07) is 17.4. The van der Waals surface area contributed by atoms with Gasteiger partial charge in [-0.2, -0.15) is 15.1 Å². The molecule has 4 aromatic heterocycles. The van der Waals surface area contributed by atoms with Crippen molar-refractivity contribution in [3.63, 3.8) is 0 Å². The molecule has 0 aliphatic carbocycles. The van der Waals surface area contributed by atoms with Gasteiger partial charge in [-0.1, -0.05) is 24.3 Å². The summed E-state index contributed by atoms with van der Waals surface area (Å²) in [5.74, 6) is 1.48. The molecule has 0 atom stereocenters. The van der Waals surface area contributed by atoms with Gasteiger partial charge in [0, 0.05) is 36.9 Å². The number of H-pyrrole nitrogens is 1. The van der Waals surface area contributed by atoms with Crippen LogP contribution in [0.3, 0.4) is 0 Å². The van der Waals surface area contributed by atoms with Crippen molar-refractivity contribution in [1.82, 2.24) is 29.7 Å². The second-order valence-corrected chi connectivity index (χ2v) is 12.4. The van der Waals surface area contributed by atoms with Gasteiger partial charge < -0.3 is 20.4 Å². The highest BCUT2D eigenvalue weighted by Gasteiger charge is 2.29. The number of pyridine rings is 1. The van der Waals surface area contributed by atoms with Gasteiger partial charge in [0.05, 0.1) is 48.6 Å². The van der Waals surface area contributed by atoms with Crippen molar-refractivity contribution in [1.29, 1.82) is 0 Å². The summed E-state index contributed by atoms with van der Waals surface area (Å²) in [6.45, 7) is 1.03. The van der Waals surface area contributed by atoms with Crippen LogP contribution in [0.1, 0.15) is 11.1 Å². The van der Waals surface area contributed by atoms with E-state index < -0.39 is 10.0 Å². The van der Waals surface area contributed by atoms with E-state index in [-0.39, 0.29) is 0 Å². The van der Waals surface area contributed by atoms with Crippen LogP contribution in [-0.2, 0) is 23.0 Å². The minimum absolute atomic E-state index is 0.338. The molecule has 7 rings (SSSR count). The molecule has 0 fully saturated rings. The van der Waals surface area contributed by atoms with Crippen molar-refractivity contribution >= 4 is 49.9 Å². The van der Waals surface area contributed by atoms with Gasteiger partial charge in [-0.05, 0) is 53.4 Å². The number of benzene rings is 2. The van der Waals surface area contributed by atoms with Crippen molar-refractivity contribution in [2.45, 2.75) is 13.0 Å². The van der Waals surface area contributed by atoms with Gasteiger partial charge in [-0.25, -0.2) is 8.42 Å². The summed E-state index contributed by atoms with van der Waals surface area (Å²) in [7, 11) is -1.82. The highest BCUT2D eigenvalue weighted by atomic mass is 32.2. The maximum Gasteiger partial charge on any atom is 0.232 e. The van der Waals surface area contributed by atoms with E-state index in [1.165, 1.54) is 10.6 Å². The van der Waals surface area contributed by atoms with Crippen LogP contribution in [0, 0.1) is 0 Å². The second-order valence-electron chi connectivity index (χ2n) is 10.5. The molecule has 3 N–H and O–H groups in total. The number of fused-ring (bicyclic) bond motifs is 2. The molecule has 5 heterocycles. The van der Waals surface area contributed by atoms with Crippen LogP contribution in [-0.4, -0.2) is 58.0 Å². The largest absolute Gasteiger partial charge is 0.495 e. The van der Waals surface area contributed by atoms with Gasteiger partial charge in [-0.3, -0.25) is 14.0 Å². The van der Waals surface area contributed by atoms with Crippen LogP contribution < -0.4 is 19.7 Å². The Morgan fingerprint density at radius 2 is 1.91 bits per heavy atom. The average Bonchev–Trinajstić information content (AvgIpc) is 3.78. The van der Waals surface area contributed by atoms with Crippen LogP contribution >= 0.6 is 0 Å². The molecular formula is C31H29N9O3S. The van der Waals surface area contributed by atoms with Gasteiger partial charge in [0.15, 0.2) is 0 Å². The molecule has 222 valence electrons. The molecule has 0 bridgehead atoms. The van der Waals surface area contributed by atoms with Crippen LogP contribution in [0.15, 0.2) is 85.6 Å². The lowest BCUT2D eigenvalue weighted by Crippen LogP contribution is -2.28. The number of nitrogens with one attached hydrogen (secondary N) is 3. The van der Waals surface area contributed by atoms with E-state index in [2.05, 4.69) is 30.7 Å². The van der Waals surface area contributed by atoms with Gasteiger partial charge in [0.2, 0.25) is 16.0 Å². The Kier molecular flexibility index (Phi) is 6.85. The number of para-hydroxylation sites is 1. The minimum atomic E-state index is -3.44. The monoisotopic (exact) mass is 607 g/mol. The Labute approximate surface area is 253 Å². The molecular weight excluding hydrogens is 578 g/mol. The lowest BCUT2D eigenvalue weighted by atomic mass is 10.1. The lowest BCUT2D eigenvalue weighted by molar-refractivity contribution is 0.417. The van der Waals surface area contributed by atoms with Crippen molar-refractivity contribution in [3.8, 4) is 16.9 Å². The molecule has 1 aliphatic heterocycles. The number of anilines is 5. The van der Waals surface area contributed by atoms with Gasteiger partial charge in [0.1, 0.15) is 17.2 Å². The van der Waals surface area contributed by atoms with E-state index in [4.69, 9.17) is 9.72 Å². The Morgan fingerprint density at radius 1 is 1.00 bits per heavy atom. The van der Waals surface area contributed by atoms with E-state index in [0.29, 0.717) is 59.7 Å². The molecule has 6 aromatic rings. The first kappa shape index (κ1) is 27.4. The maximum atomic E-state index is 12.5. The predicted octanol–water partition coefficient (Wildman–Crippen LogP) is 5.08. The Bertz CT molecular complexity index is 2090. The molecule has 12 nitrogen and oxygen atoms in total. The highest BCUT2D eigenvalue weighted by Crippen LogP contribution is 2.39. The Balaban J connectivity index is 1.17. The average molecular weight is 608 g/mol. The fraction of sp³-hybridized carbons (Fsp3) is 0.161. The SMILES string of the molecule is COc1cc(-c2cnn(Cc3cccnc3)c2)ccc1Nc1nc(Nc2cccc3c2N(S(C)(=O)=O)CC3)c2cc[nH]c2n1. The number of rotatable bonds is 9. The third-order valence-electron chi connectivity index (χ3n) is 7.50. The first-order chi connectivity index (χ1) is 21.4. The maximum absolute atomic E-state index is 12.5. The minimum Gasteiger partial charge on any atom is -0.495 e. The Hall–Kier alpha value is -5.43. The second kappa shape index (κ2) is 11.0. The predicted molar refractivity (Wildman–Crippen MR) is 170 cm³/mol. The molecule has 0 spiro atoms. The number of ether oxygens (including phenoxy) is 1. The molecule has 44 heavy (non-hydrogen) atoms. The van der Waals surface area contributed by atoms with E-state index in [9.17, 15) is 8.42 Å². The standard InChI is InChI=1S/C31H29N9O3S/c1-43-27-15-22(23-17-34-39(19-23)18-20-5-4-12-32-16-20)8-9-25(27)36-31-37-29-24(10-13-33-29)30(38-31)35-26-7-3-6-21-11-14-40(28(21)26)44(2,41)42/h3-10,12-13,15-17,19H,11,14,18H2,1-2H3,(H3,33,35,36,37,38). The van der Waals surface area contributed by atoms with Crippen molar-refractivity contribution in [3.05, 3.63) is 96.7 Å². The van der Waals surface area contributed by atoms with Gasteiger partial charge in [0.25, 0.3) is 0 Å². The normalized spacial score (nSPS) is 12.8. The number of nitrogens with zero attached hydrogens (tertiary/aromatic N) is 6. The number of hydrogen-bond donors (Lipinski definition) is 3. The fourth-order valence-corrected chi connectivity index (χ4v) is 6.42. The summed E-state index contributed by atoms with van der Waals surface area (Å²) < 4.78 is 34.1. The lowest BCUT2D eigenvalue weighted by Gasteiger charge is -2.20. The Morgan fingerprint density at radius 3 is 2.73 bits per heavy atom. The number of methoxy groups -OCH3 is 1. The van der Waals surface area contributed by atoms with Crippen LogP contribution in [0.2, 0.25) is 0 Å². The number of aromatic amines is 1. The number of aromatic nitrogens is 6. The number of sulfonamides is 1. The summed E-state index contributed by atoms with van der Waals surface area (Å²) in [5.41, 5.74) is 6.53. The van der Waals surface area contributed by atoms with Crippen LogP contribution in [0.5, 0.6) is 5.75 Å². The molecule has 13 heteroatoms. The molecule has 1 aliphatic rings. The molecule has 0 radical (unpaired) electrons. The topological polar surface area (TPSA) is 143 Å². The molecule has 2 aromatic carbocycles. The fourth-order valence-electron chi connectivity index (χ4n) is 5.45. The van der Waals surface area contributed by atoms with Crippen molar-refractivity contribution in [2.24, 2.45) is 0 Å². The zero-order valence-corrected chi connectivity index (χ0v) is 24.8. The van der Waals surface area contributed by atoms with Gasteiger partial charge >= 0.3 is 0 Å². The molecule has 0 saturated carbocycles. The molecule has 0 unspecified atom stereocenters. The summed E-state index contributed by atoms with van der Waals surface area (Å²) in [6.07, 6.45) is 11.1. The molecule has 0 amide bonds. The third-order valence-corrected chi connectivity index (χ3v) is 8.67. The summed E-state index contributed by atoms with van der Waals surface area (Å²) in [5, 5.41) is 11.9. The van der Waals surface area contributed by atoms with Crippen LogP contribution in [0.4, 0.5) is 28.8 Å². The number of hydrogen-bond acceptors (Lipinski definition) is 9. The third kappa shape index (κ3) is 5.28. The quantitative estimate of drug-likeness (QED) is 0.205. The zero-order valence-electron chi connectivity index (χ0n) is 24.0. The highest BCUT2D eigenvalue weighted by molar-refractivity contribution is 7.92. The van der Waals surface area contributed by atoms with Gasteiger partial charge in [-0.15, -0.1) is 0 Å². The van der Waals surface area contributed by atoms with Crippen molar-refractivity contribution < 1.29 is 13.2 Å². The first-order valence-electron chi connectivity index (χ1n) is 13.9. The summed E-state index contributed by atoms with van der Waals surface area (Å²) >= 11 is 0. The van der Waals surface area contributed by atoms with E-state index in [1.807, 2.05) is 77.9 Å². The first-order valence-corrected chi connectivity index (χ1v) is 15.8. The van der Waals surface area contributed by atoms with Crippen molar-refractivity contribution in [2.75, 3.05) is 34.8 Å². The summed E-state index contributed by atoms with van der Waals surface area (Å²) in [4.78, 5) is 16.8. The van der Waals surface area contributed by atoms with E-state index in [0.717, 1.165) is 27.6 Å².